The molecule has 20 heavy (non-hydrogen) atoms. The molecule has 1 saturated heterocycles. The molecule has 0 aromatic heterocycles. The Morgan fingerprint density at radius 2 is 1.95 bits per heavy atom. The summed E-state index contributed by atoms with van der Waals surface area (Å²) in [7, 11) is -3.40. The summed E-state index contributed by atoms with van der Waals surface area (Å²) >= 11 is 0. The Balaban J connectivity index is 1.95. The third kappa shape index (κ3) is 4.02. The zero-order chi connectivity index (χ0) is 14.6. The van der Waals surface area contributed by atoms with Gasteiger partial charge in [-0.3, -0.25) is 0 Å². The van der Waals surface area contributed by atoms with Crippen molar-refractivity contribution in [2.75, 3.05) is 13.1 Å². The van der Waals surface area contributed by atoms with E-state index in [1.165, 1.54) is 4.31 Å². The lowest BCUT2D eigenvalue weighted by Gasteiger charge is -2.29. The monoisotopic (exact) mass is 298 g/mol. The third-order valence-electron chi connectivity index (χ3n) is 3.72. The summed E-state index contributed by atoms with van der Waals surface area (Å²) in [4.78, 5) is 0. The molecular formula is C14H22N2O3S. The predicted molar refractivity (Wildman–Crippen MR) is 78.1 cm³/mol. The van der Waals surface area contributed by atoms with Gasteiger partial charge in [-0.05, 0) is 29.9 Å². The van der Waals surface area contributed by atoms with Crippen molar-refractivity contribution in [2.45, 2.75) is 32.9 Å². The van der Waals surface area contributed by atoms with Crippen LogP contribution < -0.4 is 4.72 Å². The van der Waals surface area contributed by atoms with Crippen molar-refractivity contribution in [3.63, 3.8) is 0 Å². The second-order valence-electron chi connectivity index (χ2n) is 5.39. The maximum absolute atomic E-state index is 12.2. The summed E-state index contributed by atoms with van der Waals surface area (Å²) < 4.78 is 28.5. The molecule has 1 aliphatic heterocycles. The van der Waals surface area contributed by atoms with Gasteiger partial charge in [-0.15, -0.1) is 0 Å². The SMILES string of the molecule is CC1CCN(S(=O)(=O)NCc2cccc(CO)c2)CC1. The van der Waals surface area contributed by atoms with E-state index in [2.05, 4.69) is 11.6 Å². The van der Waals surface area contributed by atoms with Crippen LogP contribution in [0.3, 0.4) is 0 Å². The molecule has 1 heterocycles. The molecule has 1 aliphatic rings. The number of aliphatic hydroxyl groups is 1. The fourth-order valence-corrected chi connectivity index (χ4v) is 3.55. The highest BCUT2D eigenvalue weighted by molar-refractivity contribution is 7.87. The smallest absolute Gasteiger partial charge is 0.279 e. The van der Waals surface area contributed by atoms with Gasteiger partial charge in [-0.2, -0.15) is 17.4 Å². The normalized spacial score (nSPS) is 18.3. The van der Waals surface area contributed by atoms with Crippen LogP contribution in [0.2, 0.25) is 0 Å². The quantitative estimate of drug-likeness (QED) is 0.859. The number of benzene rings is 1. The van der Waals surface area contributed by atoms with Crippen LogP contribution in [-0.2, 0) is 23.4 Å². The Morgan fingerprint density at radius 3 is 2.60 bits per heavy atom. The van der Waals surface area contributed by atoms with Crippen molar-refractivity contribution < 1.29 is 13.5 Å². The van der Waals surface area contributed by atoms with E-state index in [1.807, 2.05) is 18.2 Å². The van der Waals surface area contributed by atoms with Crippen LogP contribution >= 0.6 is 0 Å². The summed E-state index contributed by atoms with van der Waals surface area (Å²) in [5.41, 5.74) is 1.64. The Kier molecular flexibility index (Phi) is 5.15. The minimum atomic E-state index is -3.40. The molecule has 0 aliphatic carbocycles. The molecule has 1 aromatic carbocycles. The lowest BCUT2D eigenvalue weighted by Crippen LogP contribution is -2.44. The lowest BCUT2D eigenvalue weighted by atomic mass is 10.0. The molecule has 0 atom stereocenters. The average Bonchev–Trinajstić information content (AvgIpc) is 2.46. The number of rotatable bonds is 5. The predicted octanol–water partition coefficient (Wildman–Crippen LogP) is 1.25. The van der Waals surface area contributed by atoms with Gasteiger partial charge in [0.1, 0.15) is 0 Å². The molecule has 1 aromatic rings. The molecule has 5 nitrogen and oxygen atoms in total. The highest BCUT2D eigenvalue weighted by atomic mass is 32.2. The number of piperidine rings is 1. The van der Waals surface area contributed by atoms with Crippen molar-refractivity contribution in [1.29, 1.82) is 0 Å². The van der Waals surface area contributed by atoms with Crippen molar-refractivity contribution in [3.05, 3.63) is 35.4 Å². The van der Waals surface area contributed by atoms with Gasteiger partial charge in [0, 0.05) is 19.6 Å². The third-order valence-corrected chi connectivity index (χ3v) is 5.27. The average molecular weight is 298 g/mol. The molecule has 1 fully saturated rings. The van der Waals surface area contributed by atoms with E-state index >= 15 is 0 Å². The van der Waals surface area contributed by atoms with Gasteiger partial charge in [0.05, 0.1) is 6.61 Å². The Labute approximate surface area is 120 Å². The van der Waals surface area contributed by atoms with Crippen molar-refractivity contribution in [1.82, 2.24) is 9.03 Å². The van der Waals surface area contributed by atoms with Gasteiger partial charge in [0.25, 0.3) is 10.2 Å². The summed E-state index contributed by atoms with van der Waals surface area (Å²) in [6.07, 6.45) is 1.84. The largest absolute Gasteiger partial charge is 0.392 e. The Morgan fingerprint density at radius 1 is 1.30 bits per heavy atom. The number of hydrogen-bond donors (Lipinski definition) is 2. The van der Waals surface area contributed by atoms with Gasteiger partial charge in [-0.1, -0.05) is 31.2 Å². The van der Waals surface area contributed by atoms with Crippen molar-refractivity contribution in [2.24, 2.45) is 5.92 Å². The first kappa shape index (κ1) is 15.4. The summed E-state index contributed by atoms with van der Waals surface area (Å²) in [6, 6.07) is 7.28. The zero-order valence-electron chi connectivity index (χ0n) is 11.7. The van der Waals surface area contributed by atoms with E-state index in [-0.39, 0.29) is 13.2 Å². The first-order valence-electron chi connectivity index (χ1n) is 6.94. The fourth-order valence-electron chi connectivity index (χ4n) is 2.33. The maximum atomic E-state index is 12.2. The number of hydrogen-bond acceptors (Lipinski definition) is 3. The van der Waals surface area contributed by atoms with Crippen molar-refractivity contribution >= 4 is 10.2 Å². The van der Waals surface area contributed by atoms with Crippen molar-refractivity contribution in [3.8, 4) is 0 Å². The van der Waals surface area contributed by atoms with Crippen LogP contribution in [0.5, 0.6) is 0 Å². The molecule has 0 unspecified atom stereocenters. The minimum absolute atomic E-state index is 0.0371. The van der Waals surface area contributed by atoms with Crippen LogP contribution in [0.15, 0.2) is 24.3 Å². The van der Waals surface area contributed by atoms with E-state index in [9.17, 15) is 8.42 Å². The van der Waals surface area contributed by atoms with Gasteiger partial charge >= 0.3 is 0 Å². The molecule has 2 rings (SSSR count). The topological polar surface area (TPSA) is 69.6 Å². The molecule has 0 radical (unpaired) electrons. The standard InChI is InChI=1S/C14H22N2O3S/c1-12-5-7-16(8-6-12)20(18,19)15-10-13-3-2-4-14(9-13)11-17/h2-4,9,12,15,17H,5-8,10-11H2,1H3. The molecule has 2 N–H and O–H groups in total. The maximum Gasteiger partial charge on any atom is 0.279 e. The Hall–Kier alpha value is -0.950. The van der Waals surface area contributed by atoms with Gasteiger partial charge < -0.3 is 5.11 Å². The molecule has 0 saturated carbocycles. The second kappa shape index (κ2) is 6.67. The van der Waals surface area contributed by atoms with E-state index in [4.69, 9.17) is 5.11 Å². The van der Waals surface area contributed by atoms with Crippen LogP contribution in [0.1, 0.15) is 30.9 Å². The minimum Gasteiger partial charge on any atom is -0.392 e. The number of aliphatic hydroxyl groups excluding tert-OH is 1. The van der Waals surface area contributed by atoms with Gasteiger partial charge in [0.2, 0.25) is 0 Å². The highest BCUT2D eigenvalue weighted by Gasteiger charge is 2.25. The van der Waals surface area contributed by atoms with E-state index < -0.39 is 10.2 Å². The molecule has 0 bridgehead atoms. The molecule has 112 valence electrons. The zero-order valence-corrected chi connectivity index (χ0v) is 12.6. The second-order valence-corrected chi connectivity index (χ2v) is 7.14. The van der Waals surface area contributed by atoms with E-state index in [1.54, 1.807) is 6.07 Å². The van der Waals surface area contributed by atoms with Crippen LogP contribution in [-0.4, -0.2) is 30.9 Å². The highest BCUT2D eigenvalue weighted by Crippen LogP contribution is 2.18. The number of nitrogens with one attached hydrogen (secondary N) is 1. The molecular weight excluding hydrogens is 276 g/mol. The molecule has 0 spiro atoms. The van der Waals surface area contributed by atoms with Gasteiger partial charge in [0.15, 0.2) is 0 Å². The van der Waals surface area contributed by atoms with E-state index in [0.717, 1.165) is 24.0 Å². The Bertz CT molecular complexity index is 537. The fraction of sp³-hybridized carbons (Fsp3) is 0.571. The van der Waals surface area contributed by atoms with Gasteiger partial charge in [-0.25, -0.2) is 0 Å². The van der Waals surface area contributed by atoms with Crippen LogP contribution in [0, 0.1) is 5.92 Å². The summed E-state index contributed by atoms with van der Waals surface area (Å²) in [5, 5.41) is 9.07. The molecule has 6 heteroatoms. The number of nitrogens with zero attached hydrogens (tertiary/aromatic N) is 1. The lowest BCUT2D eigenvalue weighted by molar-refractivity contribution is 0.281. The van der Waals surface area contributed by atoms with Crippen LogP contribution in [0.25, 0.3) is 0 Å². The summed E-state index contributed by atoms with van der Waals surface area (Å²) in [5.74, 6) is 0.600. The molecule has 0 amide bonds. The van der Waals surface area contributed by atoms with E-state index in [0.29, 0.717) is 19.0 Å². The first-order chi connectivity index (χ1) is 9.51. The first-order valence-corrected chi connectivity index (χ1v) is 8.38. The summed E-state index contributed by atoms with van der Waals surface area (Å²) in [6.45, 7) is 3.55. The van der Waals surface area contributed by atoms with Crippen LogP contribution in [0.4, 0.5) is 0 Å².